The van der Waals surface area contributed by atoms with Gasteiger partial charge in [-0.2, -0.15) is 0 Å². The number of aryl methyl sites for hydroxylation is 1. The Morgan fingerprint density at radius 1 is 1.04 bits per heavy atom. The van der Waals surface area contributed by atoms with Crippen LogP contribution in [0.1, 0.15) is 54.6 Å². The number of thiazole rings is 1. The van der Waals surface area contributed by atoms with E-state index in [0.29, 0.717) is 50.2 Å². The quantitative estimate of drug-likeness (QED) is 0.139. The number of carbonyl (C=O) groups excluding carboxylic acids is 1. The lowest BCUT2D eigenvalue weighted by atomic mass is 9.95. The minimum Gasteiger partial charge on any atom is -0.490 e. The molecule has 0 unspecified atom stereocenters. The van der Waals surface area contributed by atoms with Crippen molar-refractivity contribution in [1.29, 1.82) is 0 Å². The first kappa shape index (κ1) is 32.0. The summed E-state index contributed by atoms with van der Waals surface area (Å²) in [5.74, 6) is 0.673. The van der Waals surface area contributed by atoms with Crippen LogP contribution in [0.25, 0.3) is 6.08 Å². The molecule has 0 saturated heterocycles. The molecule has 1 aromatic heterocycles. The van der Waals surface area contributed by atoms with Crippen molar-refractivity contribution >= 4 is 35.0 Å². The number of allylic oxidation sites excluding steroid dienone is 2. The fourth-order valence-corrected chi connectivity index (χ4v) is 6.51. The molecule has 2 heterocycles. The van der Waals surface area contributed by atoms with Crippen molar-refractivity contribution < 1.29 is 19.0 Å². The molecule has 0 spiro atoms. The first-order valence-corrected chi connectivity index (χ1v) is 16.0. The molecule has 5 rings (SSSR count). The molecule has 0 amide bonds. The van der Waals surface area contributed by atoms with E-state index in [4.69, 9.17) is 25.8 Å². The Morgan fingerprint density at radius 3 is 2.49 bits per heavy atom. The van der Waals surface area contributed by atoms with Crippen LogP contribution < -0.4 is 24.4 Å². The zero-order valence-corrected chi connectivity index (χ0v) is 27.3. The molecule has 232 valence electrons. The average molecular weight is 643 g/mol. The third kappa shape index (κ3) is 6.82. The van der Waals surface area contributed by atoms with E-state index in [-0.39, 0.29) is 18.8 Å². The van der Waals surface area contributed by atoms with Crippen LogP contribution in [0.2, 0.25) is 5.02 Å². The molecule has 1 aliphatic rings. The number of hydrogen-bond donors (Lipinski definition) is 0. The number of benzene rings is 3. The fourth-order valence-electron chi connectivity index (χ4n) is 5.27. The van der Waals surface area contributed by atoms with E-state index in [0.717, 1.165) is 27.8 Å². The molecular formula is C36H35ClN2O5S. The number of ether oxygens (including phenoxy) is 3. The van der Waals surface area contributed by atoms with Crippen LogP contribution in [0.4, 0.5) is 0 Å². The monoisotopic (exact) mass is 642 g/mol. The van der Waals surface area contributed by atoms with E-state index in [9.17, 15) is 9.59 Å². The SMILES string of the molecule is C=CCc1cc(/C=c2/sc3n(c2=O)[C@@H](c2ccc(C)cc2)C(C(=O)OCC)=C(C)N=3)cc(OCC)c1OCc1ccccc1Cl. The summed E-state index contributed by atoms with van der Waals surface area (Å²) in [7, 11) is 0. The van der Waals surface area contributed by atoms with Crippen LogP contribution in [0.15, 0.2) is 94.4 Å². The Balaban J connectivity index is 1.63. The molecular weight excluding hydrogens is 608 g/mol. The van der Waals surface area contributed by atoms with Crippen LogP contribution in [-0.4, -0.2) is 23.8 Å². The van der Waals surface area contributed by atoms with Crippen molar-refractivity contribution in [2.24, 2.45) is 4.99 Å². The van der Waals surface area contributed by atoms with Gasteiger partial charge in [0.05, 0.1) is 35.1 Å². The molecule has 1 atom stereocenters. The fraction of sp³-hybridized carbons (Fsp3) is 0.250. The lowest BCUT2D eigenvalue weighted by Crippen LogP contribution is -2.39. The molecule has 0 aliphatic carbocycles. The summed E-state index contributed by atoms with van der Waals surface area (Å²) >= 11 is 7.65. The second-order valence-corrected chi connectivity index (χ2v) is 11.9. The van der Waals surface area contributed by atoms with Gasteiger partial charge in [-0.25, -0.2) is 9.79 Å². The third-order valence-electron chi connectivity index (χ3n) is 7.36. The number of aromatic nitrogens is 1. The van der Waals surface area contributed by atoms with Crippen LogP contribution >= 0.6 is 22.9 Å². The molecule has 0 saturated carbocycles. The minimum atomic E-state index is -0.668. The van der Waals surface area contributed by atoms with Gasteiger partial charge in [0.1, 0.15) is 6.61 Å². The Morgan fingerprint density at radius 2 is 1.80 bits per heavy atom. The summed E-state index contributed by atoms with van der Waals surface area (Å²) in [6, 6.07) is 18.5. The maximum Gasteiger partial charge on any atom is 0.338 e. The zero-order valence-electron chi connectivity index (χ0n) is 25.8. The highest BCUT2D eigenvalue weighted by atomic mass is 35.5. The Hall–Kier alpha value is -4.40. The summed E-state index contributed by atoms with van der Waals surface area (Å²) in [6.07, 6.45) is 4.15. The van der Waals surface area contributed by atoms with Crippen molar-refractivity contribution in [2.75, 3.05) is 13.2 Å². The summed E-state index contributed by atoms with van der Waals surface area (Å²) in [5.41, 5.74) is 4.99. The van der Waals surface area contributed by atoms with Crippen molar-refractivity contribution in [3.05, 3.63) is 137 Å². The molecule has 0 N–H and O–H groups in total. The topological polar surface area (TPSA) is 79.1 Å². The van der Waals surface area contributed by atoms with Crippen molar-refractivity contribution in [1.82, 2.24) is 4.57 Å². The standard InChI is InChI=1S/C36H35ClN2O5S/c1-6-11-26-18-24(19-29(42-7-2)33(26)44-21-27-12-9-10-13-28(27)37)20-30-34(40)39-32(25-16-14-22(4)15-17-25)31(35(41)43-8-3)23(5)38-36(39)45-30/h6,9-10,12-20,32H,1,7-8,11,21H2,2-5H3/b30-20+/t32-/m0/s1. The van der Waals surface area contributed by atoms with Crippen LogP contribution in [0, 0.1) is 6.92 Å². The van der Waals surface area contributed by atoms with E-state index < -0.39 is 12.0 Å². The van der Waals surface area contributed by atoms with Crippen LogP contribution in [0.5, 0.6) is 11.5 Å². The first-order valence-electron chi connectivity index (χ1n) is 14.8. The Kier molecular flexibility index (Phi) is 10.1. The normalized spacial score (nSPS) is 14.5. The molecule has 1 aliphatic heterocycles. The van der Waals surface area contributed by atoms with E-state index in [1.165, 1.54) is 11.3 Å². The van der Waals surface area contributed by atoms with E-state index in [1.54, 1.807) is 24.5 Å². The lowest BCUT2D eigenvalue weighted by molar-refractivity contribution is -0.139. The summed E-state index contributed by atoms with van der Waals surface area (Å²) < 4.78 is 19.8. The van der Waals surface area contributed by atoms with Gasteiger partial charge in [0.15, 0.2) is 16.3 Å². The van der Waals surface area contributed by atoms with E-state index >= 15 is 0 Å². The highest BCUT2D eigenvalue weighted by Crippen LogP contribution is 2.36. The number of hydrogen-bond acceptors (Lipinski definition) is 7. The number of halogens is 1. The average Bonchev–Trinajstić information content (AvgIpc) is 3.31. The molecule has 9 heteroatoms. The predicted octanol–water partition coefficient (Wildman–Crippen LogP) is 6.47. The van der Waals surface area contributed by atoms with Gasteiger partial charge in [0, 0.05) is 16.1 Å². The van der Waals surface area contributed by atoms with Crippen molar-refractivity contribution in [2.45, 2.75) is 46.8 Å². The van der Waals surface area contributed by atoms with Gasteiger partial charge >= 0.3 is 5.97 Å². The number of esters is 1. The first-order chi connectivity index (χ1) is 21.7. The molecule has 4 aromatic rings. The molecule has 0 radical (unpaired) electrons. The molecule has 0 bridgehead atoms. The second kappa shape index (κ2) is 14.1. The van der Waals surface area contributed by atoms with Gasteiger partial charge in [-0.15, -0.1) is 6.58 Å². The maximum atomic E-state index is 14.1. The second-order valence-electron chi connectivity index (χ2n) is 10.5. The Labute approximate surface area is 271 Å². The minimum absolute atomic E-state index is 0.216. The maximum absolute atomic E-state index is 14.1. The van der Waals surface area contributed by atoms with Crippen LogP contribution in [-0.2, 0) is 22.6 Å². The number of nitrogens with zero attached hydrogens (tertiary/aromatic N) is 2. The number of rotatable bonds is 11. The van der Waals surface area contributed by atoms with Crippen molar-refractivity contribution in [3.8, 4) is 11.5 Å². The number of fused-ring (bicyclic) bond motifs is 1. The summed E-state index contributed by atoms with van der Waals surface area (Å²) in [5, 5.41) is 0.623. The summed E-state index contributed by atoms with van der Waals surface area (Å²) in [4.78, 5) is 32.5. The van der Waals surface area contributed by atoms with Gasteiger partial charge in [0.2, 0.25) is 0 Å². The van der Waals surface area contributed by atoms with Gasteiger partial charge < -0.3 is 14.2 Å². The molecule has 0 fully saturated rings. The van der Waals surface area contributed by atoms with Gasteiger partial charge in [-0.05, 0) is 69.5 Å². The highest BCUT2D eigenvalue weighted by Gasteiger charge is 2.33. The highest BCUT2D eigenvalue weighted by molar-refractivity contribution is 7.07. The van der Waals surface area contributed by atoms with Gasteiger partial charge in [-0.3, -0.25) is 9.36 Å². The predicted molar refractivity (Wildman–Crippen MR) is 179 cm³/mol. The largest absolute Gasteiger partial charge is 0.490 e. The van der Waals surface area contributed by atoms with Crippen LogP contribution in [0.3, 0.4) is 0 Å². The van der Waals surface area contributed by atoms with Gasteiger partial charge in [0.25, 0.3) is 5.56 Å². The van der Waals surface area contributed by atoms with Crippen molar-refractivity contribution in [3.63, 3.8) is 0 Å². The van der Waals surface area contributed by atoms with E-state index in [2.05, 4.69) is 11.6 Å². The third-order valence-corrected chi connectivity index (χ3v) is 8.71. The Bertz CT molecular complexity index is 1960. The molecule has 7 nitrogen and oxygen atoms in total. The summed E-state index contributed by atoms with van der Waals surface area (Å²) in [6.45, 7) is 12.3. The number of carbonyl (C=O) groups is 1. The molecule has 3 aromatic carbocycles. The van der Waals surface area contributed by atoms with E-state index in [1.807, 2.05) is 80.6 Å². The molecule has 45 heavy (non-hydrogen) atoms. The smallest absolute Gasteiger partial charge is 0.338 e. The lowest BCUT2D eigenvalue weighted by Gasteiger charge is -2.24. The van der Waals surface area contributed by atoms with Gasteiger partial charge in [-0.1, -0.05) is 77.0 Å². The zero-order chi connectivity index (χ0) is 32.1.